The zero-order valence-electron chi connectivity index (χ0n) is 16.4. The van der Waals surface area contributed by atoms with Crippen molar-refractivity contribution < 1.29 is 19.0 Å². The van der Waals surface area contributed by atoms with Gasteiger partial charge in [0.2, 0.25) is 5.75 Å². The van der Waals surface area contributed by atoms with Crippen molar-refractivity contribution in [2.45, 2.75) is 13.8 Å². The zero-order chi connectivity index (χ0) is 20.1. The van der Waals surface area contributed by atoms with Crippen LogP contribution in [0.2, 0.25) is 0 Å². The molecule has 6 nitrogen and oxygen atoms in total. The zero-order valence-corrected chi connectivity index (χ0v) is 16.4. The fourth-order valence-corrected chi connectivity index (χ4v) is 3.14. The number of hydrogen-bond donors (Lipinski definition) is 1. The van der Waals surface area contributed by atoms with Crippen molar-refractivity contribution >= 4 is 11.0 Å². The van der Waals surface area contributed by atoms with Gasteiger partial charge in [-0.3, -0.25) is 4.79 Å². The summed E-state index contributed by atoms with van der Waals surface area (Å²) >= 11 is 0. The predicted molar refractivity (Wildman–Crippen MR) is 109 cm³/mol. The molecule has 0 bridgehead atoms. The average molecular weight is 383 g/mol. The molecule has 1 aromatic heterocycles. The lowest BCUT2D eigenvalue weighted by Gasteiger charge is -2.19. The maximum Gasteiger partial charge on any atom is 0.204 e. The lowest BCUT2D eigenvalue weighted by Crippen LogP contribution is -2.27. The standard InChI is InChI=1S/C22H25NO5/c1-4-23(5-2)11-12-27-19-14-18-20(21(25)22(19)26-3)16(24)13-17(28-18)15-9-7-6-8-10-15/h6-10,13-14,25H,4-5,11-12H2,1-3H3. The predicted octanol–water partition coefficient (Wildman–Crippen LogP) is 3.89. The molecule has 0 aliphatic heterocycles. The van der Waals surface area contributed by atoms with Gasteiger partial charge >= 0.3 is 0 Å². The lowest BCUT2D eigenvalue weighted by molar-refractivity contribution is 0.216. The highest BCUT2D eigenvalue weighted by Crippen LogP contribution is 2.42. The molecular weight excluding hydrogens is 358 g/mol. The minimum atomic E-state index is -0.342. The minimum absolute atomic E-state index is 0.0765. The highest BCUT2D eigenvalue weighted by Gasteiger charge is 2.20. The normalized spacial score (nSPS) is 11.1. The molecule has 1 N–H and O–H groups in total. The number of rotatable bonds is 8. The van der Waals surface area contributed by atoms with E-state index in [4.69, 9.17) is 13.9 Å². The molecule has 2 aromatic carbocycles. The third-order valence-electron chi connectivity index (χ3n) is 4.73. The first-order valence-electron chi connectivity index (χ1n) is 9.37. The number of benzene rings is 2. The first-order valence-corrected chi connectivity index (χ1v) is 9.37. The van der Waals surface area contributed by atoms with Gasteiger partial charge in [-0.05, 0) is 13.1 Å². The van der Waals surface area contributed by atoms with Crippen molar-refractivity contribution in [3.8, 4) is 28.6 Å². The number of methoxy groups -OCH3 is 1. The second-order valence-electron chi connectivity index (χ2n) is 6.35. The Hall–Kier alpha value is -2.99. The van der Waals surface area contributed by atoms with Gasteiger partial charge in [0, 0.05) is 24.2 Å². The SMILES string of the molecule is CCN(CC)CCOc1cc2oc(-c3ccccc3)cc(=O)c2c(O)c1OC. The highest BCUT2D eigenvalue weighted by atomic mass is 16.5. The Kier molecular flexibility index (Phi) is 6.21. The summed E-state index contributed by atoms with van der Waals surface area (Å²) in [6.45, 7) is 7.19. The van der Waals surface area contributed by atoms with Crippen LogP contribution in [0, 0.1) is 0 Å². The molecular formula is C22H25NO5. The molecule has 0 spiro atoms. The van der Waals surface area contributed by atoms with Crippen molar-refractivity contribution in [2.24, 2.45) is 0 Å². The summed E-state index contributed by atoms with van der Waals surface area (Å²) in [6.07, 6.45) is 0. The third-order valence-corrected chi connectivity index (χ3v) is 4.73. The second-order valence-corrected chi connectivity index (χ2v) is 6.35. The fourth-order valence-electron chi connectivity index (χ4n) is 3.14. The summed E-state index contributed by atoms with van der Waals surface area (Å²) in [7, 11) is 1.43. The van der Waals surface area contributed by atoms with E-state index in [1.54, 1.807) is 6.07 Å². The lowest BCUT2D eigenvalue weighted by atomic mass is 10.1. The Morgan fingerprint density at radius 2 is 1.82 bits per heavy atom. The third kappa shape index (κ3) is 3.97. The Morgan fingerprint density at radius 1 is 1.11 bits per heavy atom. The van der Waals surface area contributed by atoms with Crippen LogP contribution in [-0.2, 0) is 0 Å². The smallest absolute Gasteiger partial charge is 0.204 e. The van der Waals surface area contributed by atoms with Crippen molar-refractivity contribution in [1.82, 2.24) is 4.90 Å². The highest BCUT2D eigenvalue weighted by molar-refractivity contribution is 5.89. The molecule has 0 amide bonds. The number of fused-ring (bicyclic) bond motifs is 1. The van der Waals surface area contributed by atoms with Crippen LogP contribution in [0.25, 0.3) is 22.3 Å². The van der Waals surface area contributed by atoms with E-state index < -0.39 is 0 Å². The Labute approximate surface area is 163 Å². The van der Waals surface area contributed by atoms with E-state index in [9.17, 15) is 9.90 Å². The van der Waals surface area contributed by atoms with Crippen LogP contribution in [0.4, 0.5) is 0 Å². The average Bonchev–Trinajstić information content (AvgIpc) is 2.71. The second kappa shape index (κ2) is 8.80. The number of aromatic hydroxyl groups is 1. The first kappa shape index (κ1) is 19.8. The van der Waals surface area contributed by atoms with Gasteiger partial charge in [-0.2, -0.15) is 0 Å². The maximum absolute atomic E-state index is 12.6. The van der Waals surface area contributed by atoms with Crippen LogP contribution in [0.5, 0.6) is 17.2 Å². The van der Waals surface area contributed by atoms with Crippen LogP contribution in [0.15, 0.2) is 51.7 Å². The van der Waals surface area contributed by atoms with E-state index >= 15 is 0 Å². The molecule has 0 radical (unpaired) electrons. The monoisotopic (exact) mass is 383 g/mol. The summed E-state index contributed by atoms with van der Waals surface area (Å²) in [4.78, 5) is 14.9. The van der Waals surface area contributed by atoms with E-state index in [-0.39, 0.29) is 27.9 Å². The summed E-state index contributed by atoms with van der Waals surface area (Å²) in [5.41, 5.74) is 0.689. The summed E-state index contributed by atoms with van der Waals surface area (Å²) in [5, 5.41) is 10.7. The van der Waals surface area contributed by atoms with Crippen LogP contribution in [-0.4, -0.2) is 43.4 Å². The van der Waals surface area contributed by atoms with Crippen LogP contribution in [0.3, 0.4) is 0 Å². The van der Waals surface area contributed by atoms with E-state index in [1.165, 1.54) is 13.2 Å². The number of phenolic OH excluding ortho intramolecular Hbond substituents is 1. The summed E-state index contributed by atoms with van der Waals surface area (Å²) in [6, 6.07) is 12.3. The van der Waals surface area contributed by atoms with Crippen molar-refractivity contribution in [1.29, 1.82) is 0 Å². The number of nitrogens with zero attached hydrogens (tertiary/aromatic N) is 1. The van der Waals surface area contributed by atoms with E-state index in [2.05, 4.69) is 18.7 Å². The topological polar surface area (TPSA) is 72.1 Å². The van der Waals surface area contributed by atoms with Gasteiger partial charge in [0.05, 0.1) is 7.11 Å². The van der Waals surface area contributed by atoms with Crippen LogP contribution >= 0.6 is 0 Å². The minimum Gasteiger partial charge on any atom is -0.504 e. The quantitative estimate of drug-likeness (QED) is 0.636. The largest absolute Gasteiger partial charge is 0.504 e. The van der Waals surface area contributed by atoms with Gasteiger partial charge in [-0.25, -0.2) is 0 Å². The molecule has 0 atom stereocenters. The van der Waals surface area contributed by atoms with E-state index in [0.717, 1.165) is 25.2 Å². The number of phenols is 1. The van der Waals surface area contributed by atoms with Gasteiger partial charge in [-0.1, -0.05) is 44.2 Å². The molecule has 6 heteroatoms. The fraction of sp³-hybridized carbons (Fsp3) is 0.318. The molecule has 0 fully saturated rings. The Morgan fingerprint density at radius 3 is 2.46 bits per heavy atom. The number of hydrogen-bond acceptors (Lipinski definition) is 6. The number of likely N-dealkylation sites (N-methyl/N-ethyl adjacent to an activating group) is 1. The molecule has 1 heterocycles. The molecule has 0 saturated heterocycles. The Bertz CT molecular complexity index is 993. The molecule has 3 rings (SSSR count). The van der Waals surface area contributed by atoms with Gasteiger partial charge in [0.1, 0.15) is 23.3 Å². The molecule has 0 aliphatic rings. The molecule has 28 heavy (non-hydrogen) atoms. The first-order chi connectivity index (χ1) is 13.6. The van der Waals surface area contributed by atoms with Crippen molar-refractivity contribution in [2.75, 3.05) is 33.4 Å². The summed E-state index contributed by atoms with van der Waals surface area (Å²) in [5.74, 6) is 0.628. The summed E-state index contributed by atoms with van der Waals surface area (Å²) < 4.78 is 17.1. The maximum atomic E-state index is 12.6. The molecule has 3 aromatic rings. The van der Waals surface area contributed by atoms with Crippen LogP contribution in [0.1, 0.15) is 13.8 Å². The van der Waals surface area contributed by atoms with Crippen molar-refractivity contribution in [3.05, 3.63) is 52.7 Å². The van der Waals surface area contributed by atoms with Gasteiger partial charge in [0.25, 0.3) is 0 Å². The van der Waals surface area contributed by atoms with Gasteiger partial charge in [0.15, 0.2) is 16.9 Å². The number of ether oxygens (including phenoxy) is 2. The molecule has 148 valence electrons. The van der Waals surface area contributed by atoms with Crippen molar-refractivity contribution in [3.63, 3.8) is 0 Å². The molecule has 0 aliphatic carbocycles. The Balaban J connectivity index is 2.03. The molecule has 0 saturated carbocycles. The van der Waals surface area contributed by atoms with Crippen LogP contribution < -0.4 is 14.9 Å². The van der Waals surface area contributed by atoms with E-state index in [0.29, 0.717) is 18.1 Å². The van der Waals surface area contributed by atoms with E-state index in [1.807, 2.05) is 30.3 Å². The van der Waals surface area contributed by atoms with Gasteiger partial charge < -0.3 is 23.9 Å². The molecule has 0 unspecified atom stereocenters. The van der Waals surface area contributed by atoms with Gasteiger partial charge in [-0.15, -0.1) is 0 Å².